The summed E-state index contributed by atoms with van der Waals surface area (Å²) < 4.78 is 0. The number of ketones is 1. The van der Waals surface area contributed by atoms with Crippen molar-refractivity contribution in [1.82, 2.24) is 0 Å². The van der Waals surface area contributed by atoms with E-state index in [0.717, 1.165) is 25.7 Å². The Morgan fingerprint density at radius 2 is 2.00 bits per heavy atom. The van der Waals surface area contributed by atoms with Gasteiger partial charge in [-0.25, -0.2) is 0 Å². The molecule has 2 nitrogen and oxygen atoms in total. The van der Waals surface area contributed by atoms with E-state index < -0.39 is 0 Å². The number of aryl methyl sites for hydroxylation is 2. The fourth-order valence-electron chi connectivity index (χ4n) is 3.60. The molecule has 2 atom stereocenters. The van der Waals surface area contributed by atoms with Crippen molar-refractivity contribution in [1.29, 1.82) is 0 Å². The number of fused-ring (bicyclic) bond motifs is 1. The van der Waals surface area contributed by atoms with Crippen LogP contribution in [0.15, 0.2) is 18.2 Å². The molecule has 102 valence electrons. The molecule has 1 fully saturated rings. The lowest BCUT2D eigenvalue weighted by atomic mass is 9.82. The van der Waals surface area contributed by atoms with Crippen LogP contribution in [0, 0.1) is 5.92 Å². The van der Waals surface area contributed by atoms with Crippen molar-refractivity contribution in [3.8, 4) is 0 Å². The van der Waals surface area contributed by atoms with Gasteiger partial charge in [0.1, 0.15) is 5.78 Å². The van der Waals surface area contributed by atoms with Gasteiger partial charge in [0.25, 0.3) is 0 Å². The lowest BCUT2D eigenvalue weighted by molar-refractivity contribution is -0.123. The van der Waals surface area contributed by atoms with Crippen LogP contribution in [-0.4, -0.2) is 11.8 Å². The van der Waals surface area contributed by atoms with Crippen molar-refractivity contribution in [2.24, 2.45) is 11.7 Å². The van der Waals surface area contributed by atoms with Gasteiger partial charge in [0.15, 0.2) is 0 Å². The van der Waals surface area contributed by atoms with Crippen LogP contribution in [0.1, 0.15) is 48.8 Å². The van der Waals surface area contributed by atoms with Crippen LogP contribution >= 0.6 is 0 Å². The van der Waals surface area contributed by atoms with Crippen molar-refractivity contribution in [3.63, 3.8) is 0 Å². The molecule has 0 aliphatic heterocycles. The number of Topliss-reactive ketones (excluding diaryl/α,β-unsaturated/α-hetero) is 1. The van der Waals surface area contributed by atoms with E-state index in [0.29, 0.717) is 12.2 Å². The van der Waals surface area contributed by atoms with Gasteiger partial charge in [0, 0.05) is 18.4 Å². The summed E-state index contributed by atoms with van der Waals surface area (Å²) in [7, 11) is 0. The number of rotatable bonds is 3. The number of carbonyl (C=O) groups excluding carboxylic acids is 1. The van der Waals surface area contributed by atoms with Gasteiger partial charge < -0.3 is 5.73 Å². The fourth-order valence-corrected chi connectivity index (χ4v) is 3.60. The minimum Gasteiger partial charge on any atom is -0.328 e. The van der Waals surface area contributed by atoms with Crippen LogP contribution in [0.4, 0.5) is 0 Å². The van der Waals surface area contributed by atoms with Gasteiger partial charge >= 0.3 is 0 Å². The molecule has 2 heteroatoms. The second kappa shape index (κ2) is 5.46. The zero-order chi connectivity index (χ0) is 13.2. The van der Waals surface area contributed by atoms with E-state index in [1.807, 2.05) is 0 Å². The van der Waals surface area contributed by atoms with Gasteiger partial charge in [-0.3, -0.25) is 4.79 Å². The summed E-state index contributed by atoms with van der Waals surface area (Å²) >= 11 is 0. The van der Waals surface area contributed by atoms with Crippen LogP contribution in [0.3, 0.4) is 0 Å². The van der Waals surface area contributed by atoms with E-state index in [2.05, 4.69) is 18.2 Å². The number of benzene rings is 1. The van der Waals surface area contributed by atoms with Crippen LogP contribution < -0.4 is 5.73 Å². The Morgan fingerprint density at radius 3 is 2.84 bits per heavy atom. The summed E-state index contributed by atoms with van der Waals surface area (Å²) in [4.78, 5) is 12.4. The van der Waals surface area contributed by atoms with Crippen LogP contribution in [-0.2, 0) is 24.1 Å². The quantitative estimate of drug-likeness (QED) is 0.904. The van der Waals surface area contributed by atoms with Crippen molar-refractivity contribution >= 4 is 5.78 Å². The van der Waals surface area contributed by atoms with E-state index in [-0.39, 0.29) is 12.0 Å². The maximum absolute atomic E-state index is 12.4. The molecule has 2 aliphatic rings. The van der Waals surface area contributed by atoms with E-state index in [1.54, 1.807) is 0 Å². The maximum Gasteiger partial charge on any atom is 0.140 e. The van der Waals surface area contributed by atoms with Crippen LogP contribution in [0.25, 0.3) is 0 Å². The summed E-state index contributed by atoms with van der Waals surface area (Å²) in [6.45, 7) is 0. The molecule has 1 aromatic carbocycles. The Labute approximate surface area is 115 Å². The first kappa shape index (κ1) is 12.9. The number of hydrogen-bond donors (Lipinski definition) is 1. The molecule has 1 saturated carbocycles. The third-order valence-corrected chi connectivity index (χ3v) is 4.71. The third kappa shape index (κ3) is 2.89. The number of nitrogens with two attached hydrogens (primary N) is 1. The molecule has 0 amide bonds. The number of carbonyl (C=O) groups is 1. The monoisotopic (exact) mass is 257 g/mol. The molecule has 0 saturated heterocycles. The predicted octanol–water partition coefficient (Wildman–Crippen LogP) is 2.80. The lowest BCUT2D eigenvalue weighted by Crippen LogP contribution is -2.32. The van der Waals surface area contributed by atoms with Crippen molar-refractivity contribution < 1.29 is 4.79 Å². The molecule has 0 spiro atoms. The van der Waals surface area contributed by atoms with Crippen molar-refractivity contribution in [3.05, 3.63) is 34.9 Å². The highest BCUT2D eigenvalue weighted by Gasteiger charge is 2.25. The average Bonchev–Trinajstić information content (AvgIpc) is 2.86. The normalized spacial score (nSPS) is 26.2. The topological polar surface area (TPSA) is 43.1 Å². The Balaban J connectivity index is 1.66. The largest absolute Gasteiger partial charge is 0.328 e. The van der Waals surface area contributed by atoms with Crippen molar-refractivity contribution in [2.45, 2.75) is 57.4 Å². The summed E-state index contributed by atoms with van der Waals surface area (Å²) in [5.74, 6) is 0.602. The molecule has 3 rings (SSSR count). The maximum atomic E-state index is 12.4. The Hall–Kier alpha value is -1.15. The predicted molar refractivity (Wildman–Crippen MR) is 77.1 cm³/mol. The van der Waals surface area contributed by atoms with Crippen LogP contribution in [0.5, 0.6) is 0 Å². The minimum atomic E-state index is 0.206. The SMILES string of the molecule is NC1CCCC(C(=O)Cc2ccc3c(c2)CCC3)C1. The van der Waals surface area contributed by atoms with E-state index in [4.69, 9.17) is 5.73 Å². The van der Waals surface area contributed by atoms with Crippen molar-refractivity contribution in [2.75, 3.05) is 0 Å². The van der Waals surface area contributed by atoms with Gasteiger partial charge in [0.2, 0.25) is 0 Å². The highest BCUT2D eigenvalue weighted by molar-refractivity contribution is 5.83. The summed E-state index contributed by atoms with van der Waals surface area (Å²) in [5.41, 5.74) is 10.1. The minimum absolute atomic E-state index is 0.206. The first-order valence-electron chi connectivity index (χ1n) is 7.61. The molecular weight excluding hydrogens is 234 g/mol. The highest BCUT2D eigenvalue weighted by atomic mass is 16.1. The van der Waals surface area contributed by atoms with Gasteiger partial charge in [-0.1, -0.05) is 24.6 Å². The van der Waals surface area contributed by atoms with E-state index in [9.17, 15) is 4.79 Å². The molecule has 1 aromatic rings. The second-order valence-electron chi connectivity index (χ2n) is 6.22. The molecular formula is C17H23NO. The fraction of sp³-hybridized carbons (Fsp3) is 0.588. The first-order valence-corrected chi connectivity index (χ1v) is 7.61. The smallest absolute Gasteiger partial charge is 0.140 e. The van der Waals surface area contributed by atoms with Crippen LogP contribution in [0.2, 0.25) is 0 Å². The molecule has 19 heavy (non-hydrogen) atoms. The number of hydrogen-bond acceptors (Lipinski definition) is 2. The van der Waals surface area contributed by atoms with E-state index in [1.165, 1.54) is 36.0 Å². The van der Waals surface area contributed by atoms with E-state index >= 15 is 0 Å². The zero-order valence-electron chi connectivity index (χ0n) is 11.5. The molecule has 0 heterocycles. The molecule has 0 aromatic heterocycles. The molecule has 0 bridgehead atoms. The van der Waals surface area contributed by atoms with Gasteiger partial charge in [-0.2, -0.15) is 0 Å². The molecule has 2 aliphatic carbocycles. The van der Waals surface area contributed by atoms with Gasteiger partial charge in [0.05, 0.1) is 0 Å². The Kier molecular flexibility index (Phi) is 3.69. The Morgan fingerprint density at radius 1 is 1.16 bits per heavy atom. The standard InChI is InChI=1S/C17H23NO/c18-16-6-2-5-15(11-16)17(19)10-12-7-8-13-3-1-4-14(13)9-12/h7-9,15-16H,1-6,10-11,18H2. The second-order valence-corrected chi connectivity index (χ2v) is 6.22. The van der Waals surface area contributed by atoms with Gasteiger partial charge in [-0.15, -0.1) is 0 Å². The first-order chi connectivity index (χ1) is 9.22. The van der Waals surface area contributed by atoms with Gasteiger partial charge in [-0.05, 0) is 55.2 Å². The highest BCUT2D eigenvalue weighted by Crippen LogP contribution is 2.27. The molecule has 2 unspecified atom stereocenters. The average molecular weight is 257 g/mol. The summed E-state index contributed by atoms with van der Waals surface area (Å²) in [6.07, 6.45) is 8.40. The summed E-state index contributed by atoms with van der Waals surface area (Å²) in [6, 6.07) is 6.86. The lowest BCUT2D eigenvalue weighted by Gasteiger charge is -2.25. The summed E-state index contributed by atoms with van der Waals surface area (Å²) in [5, 5.41) is 0. The Bertz CT molecular complexity index is 480. The molecule has 0 radical (unpaired) electrons. The molecule has 2 N–H and O–H groups in total. The third-order valence-electron chi connectivity index (χ3n) is 4.71. The zero-order valence-corrected chi connectivity index (χ0v) is 11.5.